The fourth-order valence-corrected chi connectivity index (χ4v) is 4.67. The second kappa shape index (κ2) is 10.5. The number of unbranched alkanes of at least 4 members (excludes halogenated alkanes) is 2. The van der Waals surface area contributed by atoms with E-state index in [1.807, 2.05) is 45.5 Å². The van der Waals surface area contributed by atoms with Gasteiger partial charge in [-0.25, -0.2) is 4.79 Å². The van der Waals surface area contributed by atoms with Crippen LogP contribution in [0.4, 0.5) is 0 Å². The number of aromatic nitrogens is 7. The Hall–Kier alpha value is -4.33. The average molecular weight is 480 g/mol. The van der Waals surface area contributed by atoms with Crippen LogP contribution < -0.4 is 5.69 Å². The monoisotopic (exact) mass is 479 g/mol. The van der Waals surface area contributed by atoms with E-state index in [1.165, 1.54) is 0 Å². The Balaban J connectivity index is 1.48. The third-order valence-electron chi connectivity index (χ3n) is 6.55. The number of rotatable bonds is 9. The Morgan fingerprint density at radius 2 is 1.75 bits per heavy atom. The van der Waals surface area contributed by atoms with Crippen molar-refractivity contribution in [3.63, 3.8) is 0 Å². The topological polar surface area (TPSA) is 94.3 Å². The predicted octanol–water partition coefficient (Wildman–Crippen LogP) is 4.97. The zero-order valence-corrected chi connectivity index (χ0v) is 20.6. The van der Waals surface area contributed by atoms with Crippen molar-refractivity contribution in [3.05, 3.63) is 100 Å². The molecule has 0 aliphatic heterocycles. The Bertz CT molecular complexity index is 1480. The summed E-state index contributed by atoms with van der Waals surface area (Å²) in [6.07, 6.45) is 7.76. The van der Waals surface area contributed by atoms with Gasteiger partial charge in [-0.1, -0.05) is 62.2 Å². The van der Waals surface area contributed by atoms with Gasteiger partial charge in [-0.05, 0) is 54.3 Å². The molecule has 182 valence electrons. The molecule has 0 radical (unpaired) electrons. The maximum Gasteiger partial charge on any atom is 0.333 e. The first-order valence-corrected chi connectivity index (χ1v) is 12.3. The lowest BCUT2D eigenvalue weighted by Gasteiger charge is -2.10. The SMILES string of the molecule is CCCCCc1c(C)n(-c2ccccc2)c(=O)n1Cc1ccc(-c2cnccc2-c2nn[nH]n2)cc1. The van der Waals surface area contributed by atoms with E-state index in [1.54, 1.807) is 12.4 Å². The number of aromatic amines is 1. The molecule has 0 atom stereocenters. The second-order valence-electron chi connectivity index (χ2n) is 8.88. The van der Waals surface area contributed by atoms with Gasteiger partial charge in [0.1, 0.15) is 0 Å². The van der Waals surface area contributed by atoms with Crippen LogP contribution in [-0.2, 0) is 13.0 Å². The highest BCUT2D eigenvalue weighted by Crippen LogP contribution is 2.29. The van der Waals surface area contributed by atoms with Crippen molar-refractivity contribution in [1.29, 1.82) is 0 Å². The standard InChI is InChI=1S/C28H29N7O/c1-3-4-6-11-26-20(2)35(23-9-7-5-8-10-23)28(36)34(26)19-21-12-14-22(15-13-21)25-18-29-17-16-24(25)27-30-32-33-31-27/h5,7-10,12-18H,3-4,6,11,19H2,1-2H3,(H,30,31,32,33). The van der Waals surface area contributed by atoms with E-state index < -0.39 is 0 Å². The smallest absolute Gasteiger partial charge is 0.291 e. The molecule has 8 heteroatoms. The number of benzene rings is 2. The minimum absolute atomic E-state index is 0.000858. The molecule has 36 heavy (non-hydrogen) atoms. The van der Waals surface area contributed by atoms with Crippen molar-refractivity contribution < 1.29 is 0 Å². The number of imidazole rings is 1. The molecular formula is C28H29N7O. The van der Waals surface area contributed by atoms with Gasteiger partial charge in [-0.3, -0.25) is 14.1 Å². The number of pyridine rings is 1. The normalized spacial score (nSPS) is 11.2. The quantitative estimate of drug-likeness (QED) is 0.301. The number of nitrogens with one attached hydrogen (secondary N) is 1. The van der Waals surface area contributed by atoms with Crippen molar-refractivity contribution in [1.82, 2.24) is 34.7 Å². The molecule has 0 saturated heterocycles. The van der Waals surface area contributed by atoms with E-state index in [4.69, 9.17) is 0 Å². The summed E-state index contributed by atoms with van der Waals surface area (Å²) < 4.78 is 3.77. The molecule has 0 unspecified atom stereocenters. The van der Waals surface area contributed by atoms with Gasteiger partial charge < -0.3 is 0 Å². The number of nitrogens with zero attached hydrogens (tertiary/aromatic N) is 6. The minimum Gasteiger partial charge on any atom is -0.291 e. The highest BCUT2D eigenvalue weighted by atomic mass is 16.1. The van der Waals surface area contributed by atoms with Gasteiger partial charge in [0.2, 0.25) is 5.82 Å². The molecule has 0 aliphatic rings. The zero-order valence-electron chi connectivity index (χ0n) is 20.6. The Labute approximate surface area is 209 Å². The maximum atomic E-state index is 13.6. The highest BCUT2D eigenvalue weighted by Gasteiger charge is 2.18. The van der Waals surface area contributed by atoms with Gasteiger partial charge in [0.25, 0.3) is 0 Å². The number of para-hydroxylation sites is 1. The van der Waals surface area contributed by atoms with Crippen LogP contribution in [0.2, 0.25) is 0 Å². The van der Waals surface area contributed by atoms with Crippen molar-refractivity contribution in [2.75, 3.05) is 0 Å². The van der Waals surface area contributed by atoms with Crippen LogP contribution in [0.15, 0.2) is 77.9 Å². The van der Waals surface area contributed by atoms with Crippen molar-refractivity contribution in [2.24, 2.45) is 0 Å². The molecular weight excluding hydrogens is 450 g/mol. The molecule has 0 spiro atoms. The van der Waals surface area contributed by atoms with Gasteiger partial charge in [-0.15, -0.1) is 10.2 Å². The zero-order chi connectivity index (χ0) is 24.9. The fourth-order valence-electron chi connectivity index (χ4n) is 4.67. The van der Waals surface area contributed by atoms with E-state index in [0.717, 1.165) is 65.0 Å². The molecule has 0 bridgehead atoms. The first-order chi connectivity index (χ1) is 17.7. The Morgan fingerprint density at radius 3 is 2.47 bits per heavy atom. The van der Waals surface area contributed by atoms with E-state index in [2.05, 4.69) is 63.7 Å². The van der Waals surface area contributed by atoms with Crippen LogP contribution in [0.1, 0.15) is 43.1 Å². The maximum absolute atomic E-state index is 13.6. The summed E-state index contributed by atoms with van der Waals surface area (Å²) in [5.74, 6) is 0.525. The molecule has 0 saturated carbocycles. The van der Waals surface area contributed by atoms with Gasteiger partial charge in [0.05, 0.1) is 12.2 Å². The fraction of sp³-hybridized carbons (Fsp3) is 0.250. The molecule has 0 amide bonds. The largest absolute Gasteiger partial charge is 0.333 e. The van der Waals surface area contributed by atoms with Crippen LogP contribution in [0.25, 0.3) is 28.2 Å². The van der Waals surface area contributed by atoms with Crippen LogP contribution in [-0.4, -0.2) is 34.7 Å². The van der Waals surface area contributed by atoms with E-state index in [9.17, 15) is 4.79 Å². The van der Waals surface area contributed by atoms with Crippen molar-refractivity contribution >= 4 is 0 Å². The number of tetrazole rings is 1. The lowest BCUT2D eigenvalue weighted by molar-refractivity contribution is 0.652. The predicted molar refractivity (Wildman–Crippen MR) is 140 cm³/mol. The van der Waals surface area contributed by atoms with Crippen LogP contribution in [0.3, 0.4) is 0 Å². The summed E-state index contributed by atoms with van der Waals surface area (Å²) >= 11 is 0. The second-order valence-corrected chi connectivity index (χ2v) is 8.88. The molecule has 0 fully saturated rings. The van der Waals surface area contributed by atoms with E-state index in [-0.39, 0.29) is 5.69 Å². The van der Waals surface area contributed by atoms with Crippen LogP contribution >= 0.6 is 0 Å². The summed E-state index contributed by atoms with van der Waals surface area (Å²) in [4.78, 5) is 17.9. The lowest BCUT2D eigenvalue weighted by atomic mass is 10.0. The van der Waals surface area contributed by atoms with Gasteiger partial charge in [0, 0.05) is 34.9 Å². The molecule has 5 aromatic rings. The molecule has 1 N–H and O–H groups in total. The molecule has 0 aliphatic carbocycles. The highest BCUT2D eigenvalue weighted by molar-refractivity contribution is 5.79. The summed E-state index contributed by atoms with van der Waals surface area (Å²) in [5.41, 5.74) is 6.86. The minimum atomic E-state index is 0.000858. The average Bonchev–Trinajstić information content (AvgIpc) is 3.53. The molecule has 3 aromatic heterocycles. The molecule has 3 heterocycles. The van der Waals surface area contributed by atoms with E-state index >= 15 is 0 Å². The summed E-state index contributed by atoms with van der Waals surface area (Å²) in [6, 6.07) is 20.0. The Kier molecular flexibility index (Phi) is 6.84. The van der Waals surface area contributed by atoms with Crippen molar-refractivity contribution in [2.45, 2.75) is 46.1 Å². The summed E-state index contributed by atoms with van der Waals surface area (Å²) in [5, 5.41) is 14.4. The number of hydrogen-bond donors (Lipinski definition) is 1. The van der Waals surface area contributed by atoms with Crippen LogP contribution in [0.5, 0.6) is 0 Å². The number of H-pyrrole nitrogens is 1. The molecule has 2 aromatic carbocycles. The third-order valence-corrected chi connectivity index (χ3v) is 6.55. The summed E-state index contributed by atoms with van der Waals surface area (Å²) in [6.45, 7) is 4.77. The first kappa shape index (κ1) is 23.4. The van der Waals surface area contributed by atoms with Gasteiger partial charge in [0.15, 0.2) is 0 Å². The Morgan fingerprint density at radius 1 is 0.944 bits per heavy atom. The van der Waals surface area contributed by atoms with Gasteiger partial charge in [-0.2, -0.15) is 5.21 Å². The lowest BCUT2D eigenvalue weighted by Crippen LogP contribution is -2.25. The van der Waals surface area contributed by atoms with Crippen molar-refractivity contribution in [3.8, 4) is 28.2 Å². The van der Waals surface area contributed by atoms with Gasteiger partial charge >= 0.3 is 5.69 Å². The summed E-state index contributed by atoms with van der Waals surface area (Å²) in [7, 11) is 0. The van der Waals surface area contributed by atoms with Crippen LogP contribution in [0, 0.1) is 6.92 Å². The third kappa shape index (κ3) is 4.62. The first-order valence-electron chi connectivity index (χ1n) is 12.3. The molecule has 5 rings (SSSR count). The number of hydrogen-bond acceptors (Lipinski definition) is 5. The molecule has 8 nitrogen and oxygen atoms in total. The van der Waals surface area contributed by atoms with E-state index in [0.29, 0.717) is 12.4 Å².